The summed E-state index contributed by atoms with van der Waals surface area (Å²) in [5.41, 5.74) is 0.137. The number of hydrogen-bond acceptors (Lipinski definition) is 5. The molecule has 9 nitrogen and oxygen atoms in total. The summed E-state index contributed by atoms with van der Waals surface area (Å²) in [6.45, 7) is 11.6. The van der Waals surface area contributed by atoms with Crippen molar-refractivity contribution in [2.75, 3.05) is 52.6 Å². The Morgan fingerprint density at radius 1 is 1.07 bits per heavy atom. The number of rotatable bonds is 4. The number of non-ortho nitro benzene ring substituents is 1. The van der Waals surface area contributed by atoms with E-state index < -0.39 is 18.2 Å². The van der Waals surface area contributed by atoms with Crippen LogP contribution >= 0.6 is 7.36 Å². The molecule has 2 fully saturated rings. The molecular formula is C19H29N4O5P. The molecule has 10 heteroatoms. The van der Waals surface area contributed by atoms with Crippen LogP contribution in [0.1, 0.15) is 31.1 Å². The molecule has 160 valence electrons. The first kappa shape index (κ1) is 22.1. The summed E-state index contributed by atoms with van der Waals surface area (Å²) in [5.74, 6) is -0.407. The number of nitrogens with zero attached hydrogens (tertiary/aromatic N) is 4. The van der Waals surface area contributed by atoms with Crippen LogP contribution < -0.4 is 0 Å². The van der Waals surface area contributed by atoms with E-state index in [1.165, 1.54) is 18.2 Å². The average molecular weight is 424 g/mol. The number of hydrogen-bond donors (Lipinski definition) is 0. The predicted molar refractivity (Wildman–Crippen MR) is 111 cm³/mol. The standard InChI is InChI=1S/C19H29N4O5P/c1-19(2,3)29(21-7-11-27-12-8-21,22-9-13-28-14-10-22)20-18(24)16-5-4-6-17(15-16)23(25)26/h4-6,15H,7-14H2,1-3H3. The minimum atomic E-state index is -2.48. The van der Waals surface area contributed by atoms with Gasteiger partial charge in [0.05, 0.1) is 31.4 Å². The Labute approximate surface area is 171 Å². The monoisotopic (exact) mass is 424 g/mol. The first-order valence-corrected chi connectivity index (χ1v) is 11.5. The van der Waals surface area contributed by atoms with Crippen LogP contribution in [0.5, 0.6) is 0 Å². The van der Waals surface area contributed by atoms with Crippen molar-refractivity contribution in [2.24, 2.45) is 4.74 Å². The topological polar surface area (TPSA) is 97.5 Å². The molecule has 2 aliphatic rings. The van der Waals surface area contributed by atoms with Crippen LogP contribution in [0.15, 0.2) is 29.0 Å². The van der Waals surface area contributed by atoms with E-state index in [0.29, 0.717) is 52.6 Å². The van der Waals surface area contributed by atoms with Gasteiger partial charge in [0.15, 0.2) is 0 Å². The van der Waals surface area contributed by atoms with E-state index >= 15 is 0 Å². The normalized spacial score (nSPS) is 19.7. The molecule has 0 aliphatic carbocycles. The molecule has 2 aliphatic heterocycles. The van der Waals surface area contributed by atoms with Crippen LogP contribution in [0.4, 0.5) is 5.69 Å². The van der Waals surface area contributed by atoms with Gasteiger partial charge in [0, 0.05) is 49.0 Å². The fraction of sp³-hybridized carbons (Fsp3) is 0.632. The van der Waals surface area contributed by atoms with Crippen molar-refractivity contribution >= 4 is 19.0 Å². The second-order valence-electron chi connectivity index (χ2n) is 8.08. The van der Waals surface area contributed by atoms with Gasteiger partial charge in [-0.25, -0.2) is 0 Å². The van der Waals surface area contributed by atoms with Gasteiger partial charge in [-0.1, -0.05) is 26.8 Å². The van der Waals surface area contributed by atoms with Gasteiger partial charge in [-0.15, -0.1) is 0 Å². The van der Waals surface area contributed by atoms with Crippen molar-refractivity contribution in [2.45, 2.75) is 25.9 Å². The van der Waals surface area contributed by atoms with E-state index in [1.54, 1.807) is 6.07 Å². The molecule has 1 aromatic rings. The molecule has 0 N–H and O–H groups in total. The van der Waals surface area contributed by atoms with E-state index in [9.17, 15) is 14.9 Å². The van der Waals surface area contributed by atoms with E-state index in [2.05, 4.69) is 30.1 Å². The van der Waals surface area contributed by atoms with Crippen molar-refractivity contribution in [3.8, 4) is 0 Å². The molecule has 2 heterocycles. The largest absolute Gasteiger partial charge is 0.379 e. The molecular weight excluding hydrogens is 395 g/mol. The van der Waals surface area contributed by atoms with E-state index in [1.807, 2.05) is 0 Å². The quantitative estimate of drug-likeness (QED) is 0.416. The summed E-state index contributed by atoms with van der Waals surface area (Å²) >= 11 is 0. The lowest BCUT2D eigenvalue weighted by Gasteiger charge is -2.52. The zero-order valence-electron chi connectivity index (χ0n) is 17.2. The Kier molecular flexibility index (Phi) is 6.86. The third kappa shape index (κ3) is 4.59. The number of nitro groups is 1. The third-order valence-electron chi connectivity index (χ3n) is 5.20. The number of carbonyl (C=O) groups excluding carboxylic acids is 1. The van der Waals surface area contributed by atoms with Crippen LogP contribution in [-0.4, -0.2) is 77.9 Å². The van der Waals surface area contributed by atoms with Crippen LogP contribution in [0.3, 0.4) is 0 Å². The van der Waals surface area contributed by atoms with Gasteiger partial charge in [0.1, 0.15) is 7.36 Å². The highest BCUT2D eigenvalue weighted by atomic mass is 31.2. The molecule has 0 spiro atoms. The summed E-state index contributed by atoms with van der Waals surface area (Å²) in [6, 6.07) is 5.81. The Morgan fingerprint density at radius 2 is 1.59 bits per heavy atom. The second-order valence-corrected chi connectivity index (χ2v) is 11.9. The second kappa shape index (κ2) is 9.02. The minimum absolute atomic E-state index is 0.108. The number of ether oxygens (including phenoxy) is 2. The summed E-state index contributed by atoms with van der Waals surface area (Å²) in [6.07, 6.45) is 0. The van der Waals surface area contributed by atoms with Gasteiger partial charge in [-0.2, -0.15) is 4.74 Å². The Bertz CT molecular complexity index is 789. The zero-order valence-corrected chi connectivity index (χ0v) is 18.1. The summed E-state index contributed by atoms with van der Waals surface area (Å²) < 4.78 is 20.6. The molecule has 2 saturated heterocycles. The van der Waals surface area contributed by atoms with E-state index in [0.717, 1.165) is 0 Å². The summed E-state index contributed by atoms with van der Waals surface area (Å²) in [4.78, 5) is 23.9. The number of nitro benzene ring substituents is 1. The van der Waals surface area contributed by atoms with Crippen molar-refractivity contribution in [3.05, 3.63) is 39.9 Å². The fourth-order valence-corrected chi connectivity index (χ4v) is 8.32. The van der Waals surface area contributed by atoms with Crippen LogP contribution in [0.25, 0.3) is 0 Å². The van der Waals surface area contributed by atoms with Gasteiger partial charge in [-0.3, -0.25) is 24.2 Å². The predicted octanol–water partition coefficient (Wildman–Crippen LogP) is 3.23. The lowest BCUT2D eigenvalue weighted by atomic mass is 10.2. The number of morpholine rings is 2. The van der Waals surface area contributed by atoms with Gasteiger partial charge < -0.3 is 9.47 Å². The molecule has 1 aromatic carbocycles. The SMILES string of the molecule is CC(C)(C)P(=NC(=O)c1cccc([N+](=O)[O-])c1)(N1CCOCC1)N1CCOCC1. The smallest absolute Gasteiger partial charge is 0.278 e. The molecule has 0 radical (unpaired) electrons. The molecule has 0 bridgehead atoms. The molecule has 0 aromatic heterocycles. The van der Waals surface area contributed by atoms with Crippen LogP contribution in [0.2, 0.25) is 0 Å². The maximum atomic E-state index is 13.3. The first-order chi connectivity index (χ1) is 13.8. The Morgan fingerprint density at radius 3 is 2.03 bits per heavy atom. The molecule has 0 atom stereocenters. The average Bonchev–Trinajstić information content (AvgIpc) is 2.72. The molecule has 1 amide bonds. The van der Waals surface area contributed by atoms with E-state index in [4.69, 9.17) is 14.2 Å². The zero-order chi connectivity index (χ0) is 21.1. The number of benzene rings is 1. The molecule has 3 rings (SSSR count). The number of amides is 1. The Hall–Kier alpha value is -1.64. The van der Waals surface area contributed by atoms with Gasteiger partial charge in [-0.05, 0) is 6.07 Å². The van der Waals surface area contributed by atoms with Crippen LogP contribution in [-0.2, 0) is 9.47 Å². The summed E-state index contributed by atoms with van der Waals surface area (Å²) in [7, 11) is -2.48. The fourth-order valence-electron chi connectivity index (χ4n) is 3.91. The lowest BCUT2D eigenvalue weighted by molar-refractivity contribution is -0.384. The maximum Gasteiger partial charge on any atom is 0.278 e. The van der Waals surface area contributed by atoms with Crippen molar-refractivity contribution in [1.82, 2.24) is 9.34 Å². The van der Waals surface area contributed by atoms with E-state index in [-0.39, 0.29) is 16.4 Å². The highest BCUT2D eigenvalue weighted by Crippen LogP contribution is 2.66. The van der Waals surface area contributed by atoms with Crippen LogP contribution in [0, 0.1) is 10.1 Å². The van der Waals surface area contributed by atoms with Gasteiger partial charge in [0.2, 0.25) is 0 Å². The molecule has 0 unspecified atom stereocenters. The van der Waals surface area contributed by atoms with Crippen molar-refractivity contribution in [3.63, 3.8) is 0 Å². The molecule has 0 saturated carbocycles. The van der Waals surface area contributed by atoms with Gasteiger partial charge in [0.25, 0.3) is 11.6 Å². The molecule has 29 heavy (non-hydrogen) atoms. The lowest BCUT2D eigenvalue weighted by Crippen LogP contribution is -2.48. The number of carbonyl (C=O) groups is 1. The van der Waals surface area contributed by atoms with Crippen molar-refractivity contribution < 1.29 is 19.2 Å². The third-order valence-corrected chi connectivity index (χ3v) is 9.84. The minimum Gasteiger partial charge on any atom is -0.379 e. The highest BCUT2D eigenvalue weighted by Gasteiger charge is 2.46. The highest BCUT2D eigenvalue weighted by molar-refractivity contribution is 7.63. The van der Waals surface area contributed by atoms with Crippen molar-refractivity contribution in [1.29, 1.82) is 0 Å². The first-order valence-electron chi connectivity index (χ1n) is 9.83. The summed E-state index contributed by atoms with van der Waals surface area (Å²) in [5, 5.41) is 10.8. The maximum absolute atomic E-state index is 13.3. The van der Waals surface area contributed by atoms with Gasteiger partial charge >= 0.3 is 0 Å². The Balaban J connectivity index is 2.13.